The number of benzene rings is 1. The first-order chi connectivity index (χ1) is 7.52. The number of aryl methyl sites for hydroxylation is 1. The Morgan fingerprint density at radius 1 is 1.31 bits per heavy atom. The van der Waals surface area contributed by atoms with Crippen molar-refractivity contribution >= 4 is 23.4 Å². The second kappa shape index (κ2) is 5.66. The first kappa shape index (κ1) is 12.7. The number of aliphatic carboxylic acids is 1. The summed E-state index contributed by atoms with van der Waals surface area (Å²) in [5.41, 5.74) is 2.53. The molecule has 0 radical (unpaired) electrons. The van der Waals surface area contributed by atoms with Crippen molar-refractivity contribution in [3.8, 4) is 0 Å². The maximum absolute atomic E-state index is 11.2. The van der Waals surface area contributed by atoms with Crippen molar-refractivity contribution in [2.75, 3.05) is 5.88 Å². The zero-order valence-electron chi connectivity index (χ0n) is 9.00. The van der Waals surface area contributed by atoms with Crippen LogP contribution in [0.3, 0.4) is 0 Å². The minimum absolute atomic E-state index is 0.0113. The van der Waals surface area contributed by atoms with Gasteiger partial charge in [-0.05, 0) is 23.6 Å². The lowest BCUT2D eigenvalue weighted by molar-refractivity contribution is -0.136. The fourth-order valence-electron chi connectivity index (χ4n) is 1.46. The summed E-state index contributed by atoms with van der Waals surface area (Å²) in [5, 5.41) is 8.67. The van der Waals surface area contributed by atoms with Crippen molar-refractivity contribution in [3.63, 3.8) is 0 Å². The SMILES string of the molecule is Cc1ccc(CC(=O)O)cc1CC(=O)CCl. The van der Waals surface area contributed by atoms with Gasteiger partial charge >= 0.3 is 5.97 Å². The Labute approximate surface area is 99.0 Å². The van der Waals surface area contributed by atoms with Crippen molar-refractivity contribution in [2.24, 2.45) is 0 Å². The van der Waals surface area contributed by atoms with Crippen LogP contribution in [0.2, 0.25) is 0 Å². The maximum atomic E-state index is 11.2. The number of ketones is 1. The monoisotopic (exact) mass is 240 g/mol. The van der Waals surface area contributed by atoms with Gasteiger partial charge in [-0.1, -0.05) is 18.2 Å². The Bertz CT molecular complexity index is 413. The van der Waals surface area contributed by atoms with E-state index in [-0.39, 0.29) is 24.5 Å². The van der Waals surface area contributed by atoms with Gasteiger partial charge in [-0.3, -0.25) is 9.59 Å². The van der Waals surface area contributed by atoms with Crippen LogP contribution in [0.4, 0.5) is 0 Å². The standard InChI is InChI=1S/C12H13ClO3/c1-8-2-3-9(5-12(15)16)4-10(8)6-11(14)7-13/h2-4H,5-7H2,1H3,(H,15,16). The third-order valence-electron chi connectivity index (χ3n) is 2.31. The highest BCUT2D eigenvalue weighted by Gasteiger charge is 2.07. The molecule has 1 aromatic rings. The molecule has 1 aromatic carbocycles. The highest BCUT2D eigenvalue weighted by molar-refractivity contribution is 6.27. The number of carbonyl (C=O) groups is 2. The van der Waals surface area contributed by atoms with Gasteiger partial charge in [-0.2, -0.15) is 0 Å². The zero-order chi connectivity index (χ0) is 12.1. The van der Waals surface area contributed by atoms with Crippen LogP contribution in [-0.2, 0) is 22.4 Å². The van der Waals surface area contributed by atoms with Gasteiger partial charge in [-0.15, -0.1) is 11.6 Å². The first-order valence-electron chi connectivity index (χ1n) is 4.90. The van der Waals surface area contributed by atoms with Gasteiger partial charge in [0.15, 0.2) is 5.78 Å². The van der Waals surface area contributed by atoms with E-state index in [0.29, 0.717) is 5.56 Å². The molecule has 3 nitrogen and oxygen atoms in total. The lowest BCUT2D eigenvalue weighted by Gasteiger charge is -2.06. The molecule has 0 bridgehead atoms. The van der Waals surface area contributed by atoms with Crippen LogP contribution in [0, 0.1) is 6.92 Å². The third kappa shape index (κ3) is 3.66. The first-order valence-corrected chi connectivity index (χ1v) is 5.44. The summed E-state index contributed by atoms with van der Waals surface area (Å²) < 4.78 is 0. The topological polar surface area (TPSA) is 54.4 Å². The van der Waals surface area contributed by atoms with E-state index >= 15 is 0 Å². The van der Waals surface area contributed by atoms with E-state index in [1.54, 1.807) is 12.1 Å². The van der Waals surface area contributed by atoms with Crippen molar-refractivity contribution in [2.45, 2.75) is 19.8 Å². The zero-order valence-corrected chi connectivity index (χ0v) is 9.75. The number of alkyl halides is 1. The second-order valence-corrected chi connectivity index (χ2v) is 3.95. The van der Waals surface area contributed by atoms with E-state index in [1.807, 2.05) is 13.0 Å². The van der Waals surface area contributed by atoms with E-state index in [0.717, 1.165) is 11.1 Å². The smallest absolute Gasteiger partial charge is 0.307 e. The van der Waals surface area contributed by atoms with Gasteiger partial charge in [0.05, 0.1) is 12.3 Å². The Morgan fingerprint density at radius 3 is 2.56 bits per heavy atom. The summed E-state index contributed by atoms with van der Waals surface area (Å²) in [5.74, 6) is -0.946. The van der Waals surface area contributed by atoms with E-state index < -0.39 is 5.97 Å². The lowest BCUT2D eigenvalue weighted by atomic mass is 9.99. The molecule has 0 unspecified atom stereocenters. The number of carbonyl (C=O) groups excluding carboxylic acids is 1. The normalized spacial score (nSPS) is 10.1. The largest absolute Gasteiger partial charge is 0.481 e. The van der Waals surface area contributed by atoms with Gasteiger partial charge in [0.1, 0.15) is 0 Å². The number of halogens is 1. The van der Waals surface area contributed by atoms with Crippen molar-refractivity contribution in [3.05, 3.63) is 34.9 Å². The fraction of sp³-hybridized carbons (Fsp3) is 0.333. The number of rotatable bonds is 5. The van der Waals surface area contributed by atoms with Crippen LogP contribution < -0.4 is 0 Å². The van der Waals surface area contributed by atoms with Crippen molar-refractivity contribution in [1.29, 1.82) is 0 Å². The lowest BCUT2D eigenvalue weighted by Crippen LogP contribution is -2.07. The molecule has 0 aliphatic rings. The van der Waals surface area contributed by atoms with E-state index in [9.17, 15) is 9.59 Å². The molecular formula is C12H13ClO3. The van der Waals surface area contributed by atoms with Gasteiger partial charge in [0.25, 0.3) is 0 Å². The highest BCUT2D eigenvalue weighted by Crippen LogP contribution is 2.13. The van der Waals surface area contributed by atoms with E-state index in [4.69, 9.17) is 16.7 Å². The molecule has 0 aliphatic carbocycles. The molecule has 1 rings (SSSR count). The van der Waals surface area contributed by atoms with Crippen LogP contribution in [-0.4, -0.2) is 22.7 Å². The van der Waals surface area contributed by atoms with Crippen LogP contribution in [0.5, 0.6) is 0 Å². The van der Waals surface area contributed by atoms with Crippen LogP contribution in [0.15, 0.2) is 18.2 Å². The molecule has 0 aliphatic heterocycles. The Morgan fingerprint density at radius 2 is 2.00 bits per heavy atom. The van der Waals surface area contributed by atoms with E-state index in [2.05, 4.69) is 0 Å². The summed E-state index contributed by atoms with van der Waals surface area (Å²) in [6.07, 6.45) is 0.241. The quantitative estimate of drug-likeness (QED) is 0.801. The fourth-order valence-corrected chi connectivity index (χ4v) is 1.55. The van der Waals surface area contributed by atoms with E-state index in [1.165, 1.54) is 0 Å². The van der Waals surface area contributed by atoms with Crippen LogP contribution in [0.1, 0.15) is 16.7 Å². The molecule has 0 saturated heterocycles. The highest BCUT2D eigenvalue weighted by atomic mass is 35.5. The molecule has 0 spiro atoms. The molecule has 86 valence electrons. The molecule has 0 saturated carbocycles. The summed E-state index contributed by atoms with van der Waals surface area (Å²) in [6.45, 7) is 1.89. The molecule has 0 heterocycles. The Hall–Kier alpha value is -1.35. The Kier molecular flexibility index (Phi) is 4.50. The van der Waals surface area contributed by atoms with Gasteiger partial charge in [0, 0.05) is 6.42 Å². The predicted octanol–water partition coefficient (Wildman–Crippen LogP) is 1.97. The van der Waals surface area contributed by atoms with Gasteiger partial charge in [-0.25, -0.2) is 0 Å². The molecule has 0 fully saturated rings. The van der Waals surface area contributed by atoms with Crippen molar-refractivity contribution < 1.29 is 14.7 Å². The average molecular weight is 241 g/mol. The van der Waals surface area contributed by atoms with Crippen LogP contribution >= 0.6 is 11.6 Å². The number of hydrogen-bond acceptors (Lipinski definition) is 2. The summed E-state index contributed by atoms with van der Waals surface area (Å²) in [4.78, 5) is 21.8. The number of carboxylic acids is 1. The minimum Gasteiger partial charge on any atom is -0.481 e. The second-order valence-electron chi connectivity index (χ2n) is 3.68. The average Bonchev–Trinajstić information content (AvgIpc) is 2.22. The summed E-state index contributed by atoms with van der Waals surface area (Å²) >= 11 is 5.43. The van der Waals surface area contributed by atoms with Gasteiger partial charge < -0.3 is 5.11 Å². The molecule has 0 aromatic heterocycles. The number of Topliss-reactive ketones (excluding diaryl/α,β-unsaturated/α-hetero) is 1. The van der Waals surface area contributed by atoms with Crippen LogP contribution in [0.25, 0.3) is 0 Å². The molecule has 16 heavy (non-hydrogen) atoms. The molecule has 0 amide bonds. The third-order valence-corrected chi connectivity index (χ3v) is 2.60. The number of carboxylic acid groups (broad SMARTS) is 1. The summed E-state index contributed by atoms with van der Waals surface area (Å²) in [7, 11) is 0. The predicted molar refractivity (Wildman–Crippen MR) is 61.9 cm³/mol. The van der Waals surface area contributed by atoms with Gasteiger partial charge in [0.2, 0.25) is 0 Å². The molecule has 0 atom stereocenters. The summed E-state index contributed by atoms with van der Waals surface area (Å²) in [6, 6.07) is 5.35. The Balaban J connectivity index is 2.90. The minimum atomic E-state index is -0.876. The number of hydrogen-bond donors (Lipinski definition) is 1. The maximum Gasteiger partial charge on any atom is 0.307 e. The molecule has 1 N–H and O–H groups in total. The molecule has 4 heteroatoms. The van der Waals surface area contributed by atoms with Crippen molar-refractivity contribution in [1.82, 2.24) is 0 Å². The molecular weight excluding hydrogens is 228 g/mol.